The summed E-state index contributed by atoms with van der Waals surface area (Å²) < 4.78 is 10.4. The molecule has 1 N–H and O–H groups in total. The van der Waals surface area contributed by atoms with Crippen molar-refractivity contribution in [3.05, 3.63) is 60.2 Å². The molecule has 5 nitrogen and oxygen atoms in total. The number of esters is 1. The van der Waals surface area contributed by atoms with Gasteiger partial charge in [-0.1, -0.05) is 30.3 Å². The Labute approximate surface area is 135 Å². The molecule has 0 fully saturated rings. The number of carbonyl (C=O) groups is 2. The maximum absolute atomic E-state index is 11.9. The lowest BCUT2D eigenvalue weighted by Gasteiger charge is -2.14. The van der Waals surface area contributed by atoms with E-state index in [1.807, 2.05) is 43.3 Å². The van der Waals surface area contributed by atoms with Gasteiger partial charge >= 0.3 is 5.97 Å². The standard InChI is InChI=1S/C18H19NO4/c1-13-7-6-10-16(11-13)22-12-17(20)23-14(2)18(21)19-15-8-4-3-5-9-15/h3-11,14H,12H2,1-2H3,(H,19,21)/t14-/m0/s1. The second kappa shape index (κ2) is 7.98. The molecule has 0 radical (unpaired) electrons. The van der Waals surface area contributed by atoms with Crippen molar-refractivity contribution in [2.75, 3.05) is 11.9 Å². The van der Waals surface area contributed by atoms with Crippen molar-refractivity contribution in [2.24, 2.45) is 0 Å². The smallest absolute Gasteiger partial charge is 0.344 e. The summed E-state index contributed by atoms with van der Waals surface area (Å²) in [6.07, 6.45) is -0.899. The monoisotopic (exact) mass is 313 g/mol. The summed E-state index contributed by atoms with van der Waals surface area (Å²) in [5, 5.41) is 2.67. The molecule has 5 heteroatoms. The van der Waals surface area contributed by atoms with Crippen LogP contribution in [-0.4, -0.2) is 24.6 Å². The summed E-state index contributed by atoms with van der Waals surface area (Å²) in [4.78, 5) is 23.7. The zero-order valence-corrected chi connectivity index (χ0v) is 13.1. The lowest BCUT2D eigenvalue weighted by molar-refractivity contribution is -0.155. The molecule has 23 heavy (non-hydrogen) atoms. The molecule has 2 aromatic carbocycles. The molecule has 2 rings (SSSR count). The highest BCUT2D eigenvalue weighted by molar-refractivity contribution is 5.95. The van der Waals surface area contributed by atoms with Gasteiger partial charge in [0.15, 0.2) is 12.7 Å². The second-order valence-electron chi connectivity index (χ2n) is 5.09. The van der Waals surface area contributed by atoms with Gasteiger partial charge in [-0.05, 0) is 43.7 Å². The molecule has 0 bridgehead atoms. The van der Waals surface area contributed by atoms with E-state index in [0.29, 0.717) is 11.4 Å². The molecule has 0 aromatic heterocycles. The van der Waals surface area contributed by atoms with Crippen LogP contribution in [0.1, 0.15) is 12.5 Å². The van der Waals surface area contributed by atoms with E-state index < -0.39 is 12.1 Å². The van der Waals surface area contributed by atoms with Gasteiger partial charge in [-0.2, -0.15) is 0 Å². The lowest BCUT2D eigenvalue weighted by Crippen LogP contribution is -2.31. The Morgan fingerprint density at radius 2 is 1.83 bits per heavy atom. The predicted octanol–water partition coefficient (Wildman–Crippen LogP) is 2.94. The van der Waals surface area contributed by atoms with Gasteiger partial charge in [-0.15, -0.1) is 0 Å². The van der Waals surface area contributed by atoms with Crippen LogP contribution < -0.4 is 10.1 Å². The number of nitrogens with one attached hydrogen (secondary N) is 1. The maximum Gasteiger partial charge on any atom is 0.344 e. The number of hydrogen-bond donors (Lipinski definition) is 1. The Morgan fingerprint density at radius 3 is 2.52 bits per heavy atom. The fraction of sp³-hybridized carbons (Fsp3) is 0.222. The molecular formula is C18H19NO4. The Bertz CT molecular complexity index is 670. The average molecular weight is 313 g/mol. The van der Waals surface area contributed by atoms with Crippen LogP contribution in [0.5, 0.6) is 5.75 Å². The lowest BCUT2D eigenvalue weighted by atomic mass is 10.2. The van der Waals surface area contributed by atoms with E-state index in [-0.39, 0.29) is 12.5 Å². The van der Waals surface area contributed by atoms with E-state index in [1.165, 1.54) is 6.92 Å². The first kappa shape index (κ1) is 16.5. The minimum atomic E-state index is -0.899. The van der Waals surface area contributed by atoms with Gasteiger partial charge in [-0.3, -0.25) is 4.79 Å². The molecule has 0 aliphatic carbocycles. The largest absolute Gasteiger partial charge is 0.482 e. The van der Waals surface area contributed by atoms with Gasteiger partial charge in [0.05, 0.1) is 0 Å². The van der Waals surface area contributed by atoms with E-state index in [2.05, 4.69) is 5.32 Å². The Hall–Kier alpha value is -2.82. The van der Waals surface area contributed by atoms with Gasteiger partial charge < -0.3 is 14.8 Å². The van der Waals surface area contributed by atoms with Crippen molar-refractivity contribution in [3.63, 3.8) is 0 Å². The molecule has 0 aliphatic heterocycles. The molecule has 2 aromatic rings. The third-order valence-corrected chi connectivity index (χ3v) is 3.07. The van der Waals surface area contributed by atoms with Crippen molar-refractivity contribution in [2.45, 2.75) is 20.0 Å². The van der Waals surface area contributed by atoms with Crippen molar-refractivity contribution in [3.8, 4) is 5.75 Å². The maximum atomic E-state index is 11.9. The van der Waals surface area contributed by atoms with Crippen molar-refractivity contribution >= 4 is 17.6 Å². The summed E-state index contributed by atoms with van der Waals surface area (Å²) in [7, 11) is 0. The number of para-hydroxylation sites is 1. The van der Waals surface area contributed by atoms with E-state index >= 15 is 0 Å². The zero-order chi connectivity index (χ0) is 16.7. The SMILES string of the molecule is Cc1cccc(OCC(=O)O[C@@H](C)C(=O)Nc2ccccc2)c1. The van der Waals surface area contributed by atoms with Gasteiger partial charge in [0, 0.05) is 5.69 Å². The number of carbonyl (C=O) groups excluding carboxylic acids is 2. The molecule has 0 heterocycles. The van der Waals surface area contributed by atoms with E-state index in [9.17, 15) is 9.59 Å². The molecule has 0 unspecified atom stereocenters. The molecular weight excluding hydrogens is 294 g/mol. The van der Waals surface area contributed by atoms with Crippen LogP contribution >= 0.6 is 0 Å². The van der Waals surface area contributed by atoms with Gasteiger partial charge in [0.25, 0.3) is 5.91 Å². The van der Waals surface area contributed by atoms with E-state index in [4.69, 9.17) is 9.47 Å². The van der Waals surface area contributed by atoms with Gasteiger partial charge in [-0.25, -0.2) is 4.79 Å². The third-order valence-electron chi connectivity index (χ3n) is 3.07. The van der Waals surface area contributed by atoms with Crippen molar-refractivity contribution < 1.29 is 19.1 Å². The number of aryl methyl sites for hydroxylation is 1. The highest BCUT2D eigenvalue weighted by Crippen LogP contribution is 2.12. The number of hydrogen-bond acceptors (Lipinski definition) is 4. The topological polar surface area (TPSA) is 64.6 Å². The summed E-state index contributed by atoms with van der Waals surface area (Å²) in [5.41, 5.74) is 1.68. The minimum Gasteiger partial charge on any atom is -0.482 e. The molecule has 1 amide bonds. The second-order valence-corrected chi connectivity index (χ2v) is 5.09. The zero-order valence-electron chi connectivity index (χ0n) is 13.1. The fourth-order valence-electron chi connectivity index (χ4n) is 1.90. The van der Waals surface area contributed by atoms with Crippen LogP contribution in [0.4, 0.5) is 5.69 Å². The van der Waals surface area contributed by atoms with Crippen LogP contribution in [0.15, 0.2) is 54.6 Å². The number of amides is 1. The van der Waals surface area contributed by atoms with E-state index in [0.717, 1.165) is 5.56 Å². The van der Waals surface area contributed by atoms with Gasteiger partial charge in [0.2, 0.25) is 0 Å². The third kappa shape index (κ3) is 5.47. The van der Waals surface area contributed by atoms with Gasteiger partial charge in [0.1, 0.15) is 5.75 Å². The highest BCUT2D eigenvalue weighted by Gasteiger charge is 2.18. The Morgan fingerprint density at radius 1 is 1.09 bits per heavy atom. The highest BCUT2D eigenvalue weighted by atomic mass is 16.6. The fourth-order valence-corrected chi connectivity index (χ4v) is 1.90. The Balaban J connectivity index is 1.79. The first-order valence-corrected chi connectivity index (χ1v) is 7.29. The summed E-state index contributed by atoms with van der Waals surface area (Å²) >= 11 is 0. The van der Waals surface area contributed by atoms with Crippen molar-refractivity contribution in [1.29, 1.82) is 0 Å². The number of benzene rings is 2. The molecule has 0 saturated carbocycles. The van der Waals surface area contributed by atoms with Crippen LogP contribution in [0.3, 0.4) is 0 Å². The average Bonchev–Trinajstić information content (AvgIpc) is 2.54. The summed E-state index contributed by atoms with van der Waals surface area (Å²) in [6, 6.07) is 16.3. The quantitative estimate of drug-likeness (QED) is 0.833. The van der Waals surface area contributed by atoms with Crippen LogP contribution in [0.2, 0.25) is 0 Å². The Kier molecular flexibility index (Phi) is 5.74. The van der Waals surface area contributed by atoms with Crippen molar-refractivity contribution in [1.82, 2.24) is 0 Å². The predicted molar refractivity (Wildman–Crippen MR) is 87.3 cm³/mol. The van der Waals surface area contributed by atoms with E-state index in [1.54, 1.807) is 18.2 Å². The molecule has 0 aliphatic rings. The van der Waals surface area contributed by atoms with Crippen LogP contribution in [-0.2, 0) is 14.3 Å². The summed E-state index contributed by atoms with van der Waals surface area (Å²) in [5.74, 6) is -0.398. The molecule has 0 saturated heterocycles. The normalized spacial score (nSPS) is 11.4. The number of anilines is 1. The number of rotatable bonds is 6. The summed E-state index contributed by atoms with van der Waals surface area (Å²) in [6.45, 7) is 3.20. The number of ether oxygens (including phenoxy) is 2. The molecule has 120 valence electrons. The first-order chi connectivity index (χ1) is 11.0. The first-order valence-electron chi connectivity index (χ1n) is 7.29. The van der Waals surface area contributed by atoms with Crippen LogP contribution in [0.25, 0.3) is 0 Å². The molecule has 0 spiro atoms. The molecule has 1 atom stereocenters. The minimum absolute atomic E-state index is 0.244. The van der Waals surface area contributed by atoms with Crippen LogP contribution in [0, 0.1) is 6.92 Å².